The molecule has 0 spiro atoms. The zero-order valence-electron chi connectivity index (χ0n) is 13.7. The van der Waals surface area contributed by atoms with Gasteiger partial charge in [0, 0.05) is 4.83 Å². The minimum absolute atomic E-state index is 0.0221. The van der Waals surface area contributed by atoms with Gasteiger partial charge in [0.25, 0.3) is 0 Å². The number of halogens is 1. The number of fused-ring (bicyclic) bond motifs is 2. The van der Waals surface area contributed by atoms with E-state index in [9.17, 15) is 4.79 Å². The van der Waals surface area contributed by atoms with Crippen molar-refractivity contribution in [1.29, 1.82) is 0 Å². The number of carbonyl (C=O) groups excluding carboxylic acids is 1. The fourth-order valence-corrected chi connectivity index (χ4v) is 4.04. The van der Waals surface area contributed by atoms with Gasteiger partial charge in [0.15, 0.2) is 0 Å². The molecule has 0 saturated carbocycles. The first-order valence-corrected chi connectivity index (χ1v) is 8.92. The Morgan fingerprint density at radius 1 is 1.00 bits per heavy atom. The molecule has 1 unspecified atom stereocenters. The van der Waals surface area contributed by atoms with Gasteiger partial charge in [-0.3, -0.25) is 0 Å². The van der Waals surface area contributed by atoms with Crippen LogP contribution in [-0.4, -0.2) is 46.6 Å². The van der Waals surface area contributed by atoms with Crippen molar-refractivity contribution < 1.29 is 23.7 Å². The average molecular weight is 377 g/mol. The highest BCUT2D eigenvalue weighted by Gasteiger charge is 2.55. The molecule has 3 aliphatic rings. The van der Waals surface area contributed by atoms with Crippen LogP contribution in [-0.2, 0) is 18.9 Å². The van der Waals surface area contributed by atoms with Crippen molar-refractivity contribution in [2.24, 2.45) is 0 Å². The monoisotopic (exact) mass is 376 g/mol. The summed E-state index contributed by atoms with van der Waals surface area (Å²) in [6.45, 7) is 8.52. The van der Waals surface area contributed by atoms with Crippen LogP contribution in [0.2, 0.25) is 0 Å². The van der Waals surface area contributed by atoms with E-state index < -0.39 is 17.4 Å². The molecule has 5 atom stereocenters. The standard InChI is InChI=1S/C16H25BrO5/c1-14(2)10(17)5-7-15(3)11(20-14)6-8-16(4)12(21-15)9-19-13(18)22-16/h10-12H,5-9H2,1-4H3/t10?,11-,12+,15+,16-/m1/s1. The first kappa shape index (κ1) is 16.5. The van der Waals surface area contributed by atoms with Crippen LogP contribution in [0.25, 0.3) is 0 Å². The van der Waals surface area contributed by atoms with Gasteiger partial charge >= 0.3 is 6.16 Å². The van der Waals surface area contributed by atoms with E-state index >= 15 is 0 Å². The van der Waals surface area contributed by atoms with E-state index in [4.69, 9.17) is 18.9 Å². The first-order chi connectivity index (χ1) is 10.1. The smallest absolute Gasteiger partial charge is 0.431 e. The fraction of sp³-hybridized carbons (Fsp3) is 0.938. The maximum Gasteiger partial charge on any atom is 0.509 e. The summed E-state index contributed by atoms with van der Waals surface area (Å²) in [7, 11) is 0. The Hall–Kier alpha value is -0.330. The Kier molecular flexibility index (Phi) is 4.02. The summed E-state index contributed by atoms with van der Waals surface area (Å²) < 4.78 is 23.4. The molecule has 0 amide bonds. The number of carbonyl (C=O) groups is 1. The molecule has 0 aromatic heterocycles. The van der Waals surface area contributed by atoms with Gasteiger partial charge in [-0.2, -0.15) is 0 Å². The maximum absolute atomic E-state index is 11.5. The highest BCUT2D eigenvalue weighted by atomic mass is 79.9. The zero-order valence-corrected chi connectivity index (χ0v) is 15.3. The number of hydrogen-bond acceptors (Lipinski definition) is 5. The molecule has 3 heterocycles. The topological polar surface area (TPSA) is 54.0 Å². The van der Waals surface area contributed by atoms with E-state index in [0.717, 1.165) is 25.7 Å². The quantitative estimate of drug-likeness (QED) is 0.477. The molecule has 3 rings (SSSR count). The summed E-state index contributed by atoms with van der Waals surface area (Å²) in [5.41, 5.74) is -1.28. The molecular weight excluding hydrogens is 352 g/mol. The number of alkyl halides is 1. The minimum atomic E-state index is -0.633. The number of rotatable bonds is 0. The van der Waals surface area contributed by atoms with E-state index in [1.54, 1.807) is 0 Å². The third-order valence-electron chi connectivity index (χ3n) is 5.44. The van der Waals surface area contributed by atoms with Crippen molar-refractivity contribution in [3.8, 4) is 0 Å². The second-order valence-electron chi connectivity index (χ2n) is 7.65. The van der Waals surface area contributed by atoms with E-state index in [1.807, 2.05) is 6.92 Å². The third kappa shape index (κ3) is 2.78. The predicted octanol–water partition coefficient (Wildman–Crippen LogP) is 3.57. The first-order valence-electron chi connectivity index (χ1n) is 8.00. The lowest BCUT2D eigenvalue weighted by atomic mass is 9.89. The van der Waals surface area contributed by atoms with Crippen LogP contribution in [0, 0.1) is 0 Å². The lowest BCUT2D eigenvalue weighted by Gasteiger charge is -2.42. The Labute approximate surface area is 140 Å². The summed E-state index contributed by atoms with van der Waals surface area (Å²) in [5, 5.41) is 0. The summed E-state index contributed by atoms with van der Waals surface area (Å²) in [4.78, 5) is 11.8. The molecule has 6 heteroatoms. The molecule has 0 N–H and O–H groups in total. The van der Waals surface area contributed by atoms with E-state index in [0.29, 0.717) is 4.83 Å². The van der Waals surface area contributed by atoms with Crippen molar-refractivity contribution in [2.45, 2.75) is 87.2 Å². The van der Waals surface area contributed by atoms with E-state index in [2.05, 4.69) is 36.7 Å². The number of hydrogen-bond donors (Lipinski definition) is 0. The Morgan fingerprint density at radius 3 is 2.41 bits per heavy atom. The van der Waals surface area contributed by atoms with Crippen molar-refractivity contribution in [2.75, 3.05) is 6.61 Å². The molecule has 0 aromatic rings. The molecule has 22 heavy (non-hydrogen) atoms. The van der Waals surface area contributed by atoms with Crippen molar-refractivity contribution in [3.63, 3.8) is 0 Å². The highest BCUT2D eigenvalue weighted by Crippen LogP contribution is 2.46. The van der Waals surface area contributed by atoms with Crippen molar-refractivity contribution >= 4 is 22.1 Å². The van der Waals surface area contributed by atoms with Crippen molar-refractivity contribution in [1.82, 2.24) is 0 Å². The van der Waals surface area contributed by atoms with Gasteiger partial charge in [-0.1, -0.05) is 15.9 Å². The Bertz CT molecular complexity index is 467. The molecule has 3 fully saturated rings. The van der Waals surface area contributed by atoms with E-state index in [1.165, 1.54) is 0 Å². The summed E-state index contributed by atoms with van der Waals surface area (Å²) in [5.74, 6) is 0. The van der Waals surface area contributed by atoms with Crippen LogP contribution >= 0.6 is 15.9 Å². The molecular formula is C16H25BrO5. The van der Waals surface area contributed by atoms with Gasteiger partial charge in [-0.05, 0) is 53.4 Å². The average Bonchev–Trinajstić information content (AvgIpc) is 2.57. The zero-order chi connectivity index (χ0) is 16.2. The SMILES string of the molecule is CC1(C)O[C@@H]2CC[C@@]3(C)OC(=O)OC[C@@H]3O[C@@]2(C)CCC1Br. The second kappa shape index (κ2) is 5.35. The predicted molar refractivity (Wildman–Crippen MR) is 84.3 cm³/mol. The Balaban J connectivity index is 1.88. The molecule has 0 aliphatic carbocycles. The lowest BCUT2D eigenvalue weighted by molar-refractivity contribution is -0.226. The van der Waals surface area contributed by atoms with Crippen LogP contribution in [0.3, 0.4) is 0 Å². The fourth-order valence-electron chi connectivity index (χ4n) is 3.71. The minimum Gasteiger partial charge on any atom is -0.431 e. The van der Waals surface area contributed by atoms with Crippen LogP contribution in [0.4, 0.5) is 4.79 Å². The maximum atomic E-state index is 11.5. The van der Waals surface area contributed by atoms with Crippen LogP contribution < -0.4 is 0 Å². The third-order valence-corrected chi connectivity index (χ3v) is 7.00. The van der Waals surface area contributed by atoms with Crippen LogP contribution in [0.1, 0.15) is 53.4 Å². The van der Waals surface area contributed by atoms with E-state index in [-0.39, 0.29) is 24.4 Å². The van der Waals surface area contributed by atoms with Crippen LogP contribution in [0.5, 0.6) is 0 Å². The highest BCUT2D eigenvalue weighted by molar-refractivity contribution is 9.09. The van der Waals surface area contributed by atoms with Gasteiger partial charge in [0.05, 0.1) is 17.3 Å². The molecule has 0 aromatic carbocycles. The second-order valence-corrected chi connectivity index (χ2v) is 8.76. The van der Waals surface area contributed by atoms with Crippen molar-refractivity contribution in [3.05, 3.63) is 0 Å². The molecule has 3 aliphatic heterocycles. The van der Waals surface area contributed by atoms with Crippen LogP contribution in [0.15, 0.2) is 0 Å². The van der Waals surface area contributed by atoms with Gasteiger partial charge in [0.1, 0.15) is 18.3 Å². The summed E-state index contributed by atoms with van der Waals surface area (Å²) >= 11 is 3.75. The molecule has 5 nitrogen and oxygen atoms in total. The number of cyclic esters (lactones) is 1. The van der Waals surface area contributed by atoms with Gasteiger partial charge in [0.2, 0.25) is 0 Å². The Morgan fingerprint density at radius 2 is 1.68 bits per heavy atom. The number of ether oxygens (including phenoxy) is 4. The normalized spacial score (nSPS) is 48.0. The largest absolute Gasteiger partial charge is 0.509 e. The molecule has 0 radical (unpaired) electrons. The molecule has 0 bridgehead atoms. The lowest BCUT2D eigenvalue weighted by Crippen LogP contribution is -2.54. The summed E-state index contributed by atoms with van der Waals surface area (Å²) in [6, 6.07) is 0. The summed E-state index contributed by atoms with van der Waals surface area (Å²) in [6.07, 6.45) is 2.53. The van der Waals surface area contributed by atoms with Gasteiger partial charge < -0.3 is 18.9 Å². The van der Waals surface area contributed by atoms with Gasteiger partial charge in [-0.25, -0.2) is 4.79 Å². The molecule has 3 saturated heterocycles. The van der Waals surface area contributed by atoms with Gasteiger partial charge in [-0.15, -0.1) is 0 Å². The molecule has 126 valence electrons.